The summed E-state index contributed by atoms with van der Waals surface area (Å²) in [6, 6.07) is 11.2. The van der Waals surface area contributed by atoms with Crippen molar-refractivity contribution in [3.05, 3.63) is 70.8 Å². The summed E-state index contributed by atoms with van der Waals surface area (Å²) < 4.78 is 40.9. The zero-order chi connectivity index (χ0) is 24.7. The van der Waals surface area contributed by atoms with Crippen LogP contribution in [0.3, 0.4) is 0 Å². The molecule has 0 saturated carbocycles. The molecule has 0 saturated heterocycles. The number of esters is 1. The summed E-state index contributed by atoms with van der Waals surface area (Å²) in [7, 11) is 9.40. The van der Waals surface area contributed by atoms with Gasteiger partial charge in [-0.1, -0.05) is 24.3 Å². The Bertz CT molecular complexity index is 1120. The van der Waals surface area contributed by atoms with Crippen molar-refractivity contribution in [2.24, 2.45) is 0 Å². The molecule has 0 radical (unpaired) electrons. The van der Waals surface area contributed by atoms with E-state index in [0.717, 1.165) is 16.7 Å². The van der Waals surface area contributed by atoms with Crippen LogP contribution in [0.4, 0.5) is 0 Å². The van der Waals surface area contributed by atoms with Gasteiger partial charge in [0.05, 0.1) is 19.8 Å². The maximum absolute atomic E-state index is 12.3. The van der Waals surface area contributed by atoms with Crippen LogP contribution in [0.15, 0.2) is 48.6 Å². The third-order valence-electron chi connectivity index (χ3n) is 6.81. The molecule has 0 aromatic heterocycles. The molecule has 0 bridgehead atoms. The minimum Gasteiger partial charge on any atom is -0.496 e. The Hall–Kier alpha value is -2.91. The largest absolute Gasteiger partial charge is 0.496 e. The van der Waals surface area contributed by atoms with Gasteiger partial charge < -0.3 is 33.2 Å². The Morgan fingerprint density at radius 1 is 0.824 bits per heavy atom. The molecule has 0 aliphatic heterocycles. The Labute approximate surface area is 199 Å². The number of methoxy groups -OCH3 is 6. The molecule has 182 valence electrons. The fourth-order valence-electron chi connectivity index (χ4n) is 5.49. The molecular weight excluding hydrogens is 440 g/mol. The van der Waals surface area contributed by atoms with Gasteiger partial charge in [0.25, 0.3) is 0 Å². The first-order valence-electron chi connectivity index (χ1n) is 10.8. The molecular formula is C26H30O8. The fraction of sp³-hybridized carbons (Fsp3) is 0.423. The van der Waals surface area contributed by atoms with Crippen molar-refractivity contribution in [1.82, 2.24) is 0 Å². The van der Waals surface area contributed by atoms with Crippen LogP contribution >= 0.6 is 0 Å². The molecule has 8 heteroatoms. The van der Waals surface area contributed by atoms with Crippen LogP contribution in [0.5, 0.6) is 11.5 Å². The number of carbonyl (C=O) groups excluding carboxylic acids is 1. The lowest BCUT2D eigenvalue weighted by Crippen LogP contribution is -2.61. The van der Waals surface area contributed by atoms with Crippen LogP contribution in [-0.4, -0.2) is 48.6 Å². The van der Waals surface area contributed by atoms with Crippen molar-refractivity contribution < 1.29 is 38.0 Å². The molecule has 2 aliphatic rings. The topological polar surface area (TPSA) is 81.7 Å². The maximum atomic E-state index is 12.3. The lowest BCUT2D eigenvalue weighted by molar-refractivity contribution is -0.332. The molecule has 4 rings (SSSR count). The summed E-state index contributed by atoms with van der Waals surface area (Å²) in [5, 5.41) is 0. The number of ether oxygens (including phenoxy) is 7. The van der Waals surface area contributed by atoms with Gasteiger partial charge in [-0.3, -0.25) is 4.79 Å². The van der Waals surface area contributed by atoms with Crippen molar-refractivity contribution in [2.75, 3.05) is 42.7 Å². The van der Waals surface area contributed by atoms with Crippen LogP contribution in [0.2, 0.25) is 0 Å². The number of fused-ring (bicyclic) bond motifs is 2. The van der Waals surface area contributed by atoms with E-state index in [9.17, 15) is 4.79 Å². The van der Waals surface area contributed by atoms with E-state index in [2.05, 4.69) is 0 Å². The highest BCUT2D eigenvalue weighted by molar-refractivity contribution is 5.70. The summed E-state index contributed by atoms with van der Waals surface area (Å²) in [5.74, 6) is -0.522. The van der Waals surface area contributed by atoms with E-state index in [1.54, 1.807) is 54.8 Å². The van der Waals surface area contributed by atoms with Crippen molar-refractivity contribution >= 4 is 5.97 Å². The smallest absolute Gasteiger partial charge is 0.303 e. The molecule has 0 amide bonds. The summed E-state index contributed by atoms with van der Waals surface area (Å²) in [5.41, 5.74) is 0.657. The lowest BCUT2D eigenvalue weighted by atomic mass is 9.64. The summed E-state index contributed by atoms with van der Waals surface area (Å²) in [6.45, 7) is 1.36. The molecule has 2 aromatic rings. The van der Waals surface area contributed by atoms with E-state index >= 15 is 0 Å². The first-order chi connectivity index (χ1) is 16.4. The van der Waals surface area contributed by atoms with Crippen molar-refractivity contribution in [3.8, 4) is 11.5 Å². The first kappa shape index (κ1) is 24.2. The monoisotopic (exact) mass is 470 g/mol. The number of rotatable bonds is 9. The maximum Gasteiger partial charge on any atom is 0.303 e. The van der Waals surface area contributed by atoms with Crippen LogP contribution < -0.4 is 9.47 Å². The van der Waals surface area contributed by atoms with Crippen LogP contribution in [0.1, 0.15) is 35.3 Å². The van der Waals surface area contributed by atoms with Crippen molar-refractivity contribution in [2.45, 2.75) is 30.0 Å². The predicted octanol–water partition coefficient (Wildman–Crippen LogP) is 3.72. The Morgan fingerprint density at radius 2 is 1.44 bits per heavy atom. The standard InChI is InChI=1S/C26H30O8/c1-16(27)34-24(21-17(23(24)30-4)10-8-12-19(21)28-2)14-15-25(31-5)22-18(26(25,32-6)33-7)11-9-13-20(22)29-3/h8-15,23H,1-7H3/b15-14+. The molecule has 2 aromatic carbocycles. The number of hydrogen-bond acceptors (Lipinski definition) is 8. The second kappa shape index (κ2) is 8.70. The molecule has 2 aliphatic carbocycles. The normalized spacial score (nSPS) is 26.1. The number of hydrogen-bond donors (Lipinski definition) is 0. The number of carbonyl (C=O) groups is 1. The first-order valence-corrected chi connectivity index (χ1v) is 10.8. The van der Waals surface area contributed by atoms with E-state index in [1.165, 1.54) is 6.92 Å². The van der Waals surface area contributed by atoms with Gasteiger partial charge in [-0.15, -0.1) is 0 Å². The Morgan fingerprint density at radius 3 is 1.97 bits per heavy atom. The van der Waals surface area contributed by atoms with E-state index < -0.39 is 29.1 Å². The van der Waals surface area contributed by atoms with Crippen molar-refractivity contribution in [1.29, 1.82) is 0 Å². The minimum atomic E-state index is -1.25. The molecule has 8 nitrogen and oxygen atoms in total. The predicted molar refractivity (Wildman–Crippen MR) is 123 cm³/mol. The molecule has 0 heterocycles. The highest BCUT2D eigenvalue weighted by Gasteiger charge is 2.67. The van der Waals surface area contributed by atoms with Crippen molar-refractivity contribution in [3.63, 3.8) is 0 Å². The van der Waals surface area contributed by atoms with Gasteiger partial charge >= 0.3 is 5.97 Å². The highest BCUT2D eigenvalue weighted by Crippen LogP contribution is 2.63. The summed E-state index contributed by atoms with van der Waals surface area (Å²) >= 11 is 0. The van der Waals surface area contributed by atoms with Gasteiger partial charge in [0.1, 0.15) is 17.6 Å². The van der Waals surface area contributed by atoms with Gasteiger partial charge in [-0.25, -0.2) is 0 Å². The Balaban J connectivity index is 1.95. The zero-order valence-corrected chi connectivity index (χ0v) is 20.5. The van der Waals surface area contributed by atoms with Gasteiger partial charge in [-0.2, -0.15) is 0 Å². The van der Waals surface area contributed by atoms with E-state index in [0.29, 0.717) is 17.1 Å². The van der Waals surface area contributed by atoms with E-state index in [1.807, 2.05) is 36.4 Å². The third kappa shape index (κ3) is 2.89. The highest BCUT2D eigenvalue weighted by atomic mass is 16.7. The molecule has 3 atom stereocenters. The molecule has 0 N–H and O–H groups in total. The quantitative estimate of drug-likeness (QED) is 0.312. The Kier molecular flexibility index (Phi) is 6.20. The van der Waals surface area contributed by atoms with Gasteiger partial charge in [0.15, 0.2) is 11.2 Å². The average Bonchev–Trinajstić information content (AvgIpc) is 2.84. The molecule has 0 spiro atoms. The SMILES string of the molecule is COc1cccc2c1C(/C=C/C1(OC)c3c(OC)cccc3C1(OC)OC)(OC(C)=O)C2OC. The minimum absolute atomic E-state index is 0.467. The van der Waals surface area contributed by atoms with Crippen LogP contribution in [0, 0.1) is 0 Å². The zero-order valence-electron chi connectivity index (χ0n) is 20.5. The molecule has 3 unspecified atom stereocenters. The van der Waals surface area contributed by atoms with E-state index in [4.69, 9.17) is 33.2 Å². The van der Waals surface area contributed by atoms with Gasteiger partial charge in [0.2, 0.25) is 5.79 Å². The molecule has 0 fully saturated rings. The van der Waals surface area contributed by atoms with Gasteiger partial charge in [0, 0.05) is 46.5 Å². The van der Waals surface area contributed by atoms with E-state index in [-0.39, 0.29) is 0 Å². The van der Waals surface area contributed by atoms with Crippen LogP contribution in [-0.2, 0) is 45.5 Å². The second-order valence-electron chi connectivity index (χ2n) is 8.11. The second-order valence-corrected chi connectivity index (χ2v) is 8.11. The fourth-order valence-corrected chi connectivity index (χ4v) is 5.49. The summed E-state index contributed by atoms with van der Waals surface area (Å²) in [6.07, 6.45) is 3.00. The van der Waals surface area contributed by atoms with Gasteiger partial charge in [-0.05, 0) is 29.8 Å². The third-order valence-corrected chi connectivity index (χ3v) is 6.81. The average molecular weight is 471 g/mol. The molecule has 34 heavy (non-hydrogen) atoms. The number of benzene rings is 2. The summed E-state index contributed by atoms with van der Waals surface area (Å²) in [4.78, 5) is 12.3. The van der Waals surface area contributed by atoms with Crippen LogP contribution in [0.25, 0.3) is 0 Å². The lowest BCUT2D eigenvalue weighted by Gasteiger charge is -2.56.